The van der Waals surface area contributed by atoms with Crippen LogP contribution in [0.5, 0.6) is 0 Å². The summed E-state index contributed by atoms with van der Waals surface area (Å²) in [6.07, 6.45) is 2.15. The van der Waals surface area contributed by atoms with Gasteiger partial charge in [0.1, 0.15) is 0 Å². The van der Waals surface area contributed by atoms with Crippen LogP contribution in [0.1, 0.15) is 31.0 Å². The maximum absolute atomic E-state index is 8.87. The van der Waals surface area contributed by atoms with Gasteiger partial charge in [0.2, 0.25) is 0 Å². The molecule has 76 valence electrons. The summed E-state index contributed by atoms with van der Waals surface area (Å²) < 4.78 is 2.21. The normalized spacial score (nSPS) is 10.9. The monoisotopic (exact) mass is 198 g/mol. The highest BCUT2D eigenvalue weighted by Crippen LogP contribution is 2.24. The summed E-state index contributed by atoms with van der Waals surface area (Å²) in [7, 11) is 0. The first-order valence-corrected chi connectivity index (χ1v) is 5.15. The Hall–Kier alpha value is -1.75. The highest BCUT2D eigenvalue weighted by atomic mass is 15.0. The van der Waals surface area contributed by atoms with Crippen molar-refractivity contribution in [3.05, 3.63) is 35.5 Å². The predicted octanol–water partition coefficient (Wildman–Crippen LogP) is 3.40. The first-order chi connectivity index (χ1) is 7.13. The third-order valence-corrected chi connectivity index (χ3v) is 2.72. The smallest absolute Gasteiger partial charge is 0.0992 e. The van der Waals surface area contributed by atoms with Crippen LogP contribution in [-0.4, -0.2) is 4.57 Å². The molecular weight excluding hydrogens is 184 g/mol. The van der Waals surface area contributed by atoms with Gasteiger partial charge in [-0.25, -0.2) is 0 Å². The Bertz CT molecular complexity index is 541. The minimum Gasteiger partial charge on any atom is -0.345 e. The number of hydrogen-bond acceptors (Lipinski definition) is 1. The number of nitriles is 1. The zero-order valence-corrected chi connectivity index (χ0v) is 9.28. The van der Waals surface area contributed by atoms with E-state index in [-0.39, 0.29) is 0 Å². The van der Waals surface area contributed by atoms with Crippen LogP contribution in [-0.2, 0) is 0 Å². The molecule has 0 fully saturated rings. The first-order valence-electron chi connectivity index (χ1n) is 5.15. The molecule has 0 amide bonds. The number of hydrogen-bond donors (Lipinski definition) is 0. The van der Waals surface area contributed by atoms with Crippen molar-refractivity contribution in [2.75, 3.05) is 0 Å². The zero-order valence-electron chi connectivity index (χ0n) is 9.28. The van der Waals surface area contributed by atoms with Crippen LogP contribution in [0.2, 0.25) is 0 Å². The zero-order chi connectivity index (χ0) is 11.0. The number of nitrogens with zero attached hydrogens (tertiary/aromatic N) is 2. The van der Waals surface area contributed by atoms with E-state index >= 15 is 0 Å². The average molecular weight is 198 g/mol. The summed E-state index contributed by atoms with van der Waals surface area (Å²) in [6.45, 7) is 6.41. The van der Waals surface area contributed by atoms with E-state index in [1.807, 2.05) is 18.2 Å². The summed E-state index contributed by atoms with van der Waals surface area (Å²) in [5, 5.41) is 10.1. The molecule has 2 aromatic rings. The Morgan fingerprint density at radius 1 is 1.33 bits per heavy atom. The SMILES string of the molecule is Cc1cn(C(C)C)c2cc(C#N)ccc12. The molecule has 1 aromatic heterocycles. The number of aromatic nitrogens is 1. The van der Waals surface area contributed by atoms with E-state index in [9.17, 15) is 0 Å². The molecule has 0 radical (unpaired) electrons. The lowest BCUT2D eigenvalue weighted by atomic mass is 10.1. The molecule has 0 saturated heterocycles. The van der Waals surface area contributed by atoms with Crippen LogP contribution in [0, 0.1) is 18.3 Å². The number of aryl methyl sites for hydroxylation is 1. The van der Waals surface area contributed by atoms with Gasteiger partial charge in [-0.3, -0.25) is 0 Å². The Labute approximate surface area is 89.7 Å². The van der Waals surface area contributed by atoms with Crippen LogP contribution >= 0.6 is 0 Å². The third kappa shape index (κ3) is 1.50. The van der Waals surface area contributed by atoms with Gasteiger partial charge in [-0.05, 0) is 38.5 Å². The molecule has 0 unspecified atom stereocenters. The number of fused-ring (bicyclic) bond motifs is 1. The van der Waals surface area contributed by atoms with E-state index in [1.54, 1.807) is 0 Å². The van der Waals surface area contributed by atoms with Crippen LogP contribution < -0.4 is 0 Å². The van der Waals surface area contributed by atoms with Gasteiger partial charge < -0.3 is 4.57 Å². The summed E-state index contributed by atoms with van der Waals surface area (Å²) in [5.74, 6) is 0. The maximum Gasteiger partial charge on any atom is 0.0992 e. The Morgan fingerprint density at radius 2 is 2.07 bits per heavy atom. The van der Waals surface area contributed by atoms with E-state index < -0.39 is 0 Å². The molecule has 0 bridgehead atoms. The van der Waals surface area contributed by atoms with Crippen LogP contribution in [0.15, 0.2) is 24.4 Å². The van der Waals surface area contributed by atoms with Crippen LogP contribution in [0.25, 0.3) is 10.9 Å². The highest BCUT2D eigenvalue weighted by Gasteiger charge is 2.08. The Balaban J connectivity index is 2.79. The summed E-state index contributed by atoms with van der Waals surface area (Å²) in [6, 6.07) is 8.47. The molecule has 2 rings (SSSR count). The van der Waals surface area contributed by atoms with Crippen molar-refractivity contribution in [3.8, 4) is 6.07 Å². The van der Waals surface area contributed by atoms with Crippen molar-refractivity contribution in [2.24, 2.45) is 0 Å². The van der Waals surface area contributed by atoms with Crippen molar-refractivity contribution in [2.45, 2.75) is 26.8 Å². The van der Waals surface area contributed by atoms with Crippen molar-refractivity contribution in [3.63, 3.8) is 0 Å². The van der Waals surface area contributed by atoms with Gasteiger partial charge in [0.15, 0.2) is 0 Å². The van der Waals surface area contributed by atoms with E-state index in [2.05, 4.69) is 37.6 Å². The van der Waals surface area contributed by atoms with E-state index in [1.165, 1.54) is 10.9 Å². The summed E-state index contributed by atoms with van der Waals surface area (Å²) in [5.41, 5.74) is 3.15. The van der Waals surface area contributed by atoms with Crippen molar-refractivity contribution < 1.29 is 0 Å². The third-order valence-electron chi connectivity index (χ3n) is 2.72. The van der Waals surface area contributed by atoms with Crippen LogP contribution in [0.3, 0.4) is 0 Å². The summed E-state index contributed by atoms with van der Waals surface area (Å²) in [4.78, 5) is 0. The molecule has 0 saturated carbocycles. The first kappa shape index (κ1) is 9.79. The van der Waals surface area contributed by atoms with Crippen molar-refractivity contribution in [1.29, 1.82) is 5.26 Å². The van der Waals surface area contributed by atoms with E-state index in [0.29, 0.717) is 6.04 Å². The lowest BCUT2D eigenvalue weighted by molar-refractivity contribution is 0.622. The van der Waals surface area contributed by atoms with Gasteiger partial charge in [-0.15, -0.1) is 0 Å². The quantitative estimate of drug-likeness (QED) is 0.690. The summed E-state index contributed by atoms with van der Waals surface area (Å²) >= 11 is 0. The van der Waals surface area contributed by atoms with E-state index in [0.717, 1.165) is 11.1 Å². The molecule has 1 aromatic carbocycles. The van der Waals surface area contributed by atoms with Gasteiger partial charge in [0, 0.05) is 23.1 Å². The molecule has 15 heavy (non-hydrogen) atoms. The molecule has 0 N–H and O–H groups in total. The molecule has 2 heteroatoms. The Morgan fingerprint density at radius 3 is 2.67 bits per heavy atom. The fourth-order valence-electron chi connectivity index (χ4n) is 1.92. The largest absolute Gasteiger partial charge is 0.345 e. The molecular formula is C13H14N2. The average Bonchev–Trinajstić information content (AvgIpc) is 2.56. The second-order valence-electron chi connectivity index (χ2n) is 4.16. The molecule has 2 nitrogen and oxygen atoms in total. The maximum atomic E-state index is 8.87. The number of rotatable bonds is 1. The molecule has 1 heterocycles. The second-order valence-corrected chi connectivity index (χ2v) is 4.16. The van der Waals surface area contributed by atoms with Gasteiger partial charge in [-0.1, -0.05) is 6.07 Å². The molecule has 0 atom stereocenters. The molecule has 0 aliphatic heterocycles. The second kappa shape index (κ2) is 3.43. The fourth-order valence-corrected chi connectivity index (χ4v) is 1.92. The minimum absolute atomic E-state index is 0.426. The molecule has 0 aliphatic rings. The lowest BCUT2D eigenvalue weighted by Gasteiger charge is -2.08. The fraction of sp³-hybridized carbons (Fsp3) is 0.308. The minimum atomic E-state index is 0.426. The topological polar surface area (TPSA) is 28.7 Å². The van der Waals surface area contributed by atoms with Gasteiger partial charge in [0.05, 0.1) is 11.6 Å². The molecule has 0 spiro atoms. The van der Waals surface area contributed by atoms with Crippen molar-refractivity contribution >= 4 is 10.9 Å². The predicted molar refractivity (Wildman–Crippen MR) is 61.8 cm³/mol. The number of benzene rings is 1. The highest BCUT2D eigenvalue weighted by molar-refractivity contribution is 5.85. The standard InChI is InChI=1S/C13H14N2/c1-9(2)15-8-10(3)12-5-4-11(7-14)6-13(12)15/h4-6,8-9H,1-3H3. The van der Waals surface area contributed by atoms with E-state index in [4.69, 9.17) is 5.26 Å². The lowest BCUT2D eigenvalue weighted by Crippen LogP contribution is -1.97. The molecule has 0 aliphatic carbocycles. The van der Waals surface area contributed by atoms with Crippen molar-refractivity contribution in [1.82, 2.24) is 4.57 Å². The van der Waals surface area contributed by atoms with Gasteiger partial charge in [-0.2, -0.15) is 5.26 Å². The van der Waals surface area contributed by atoms with Gasteiger partial charge in [0.25, 0.3) is 0 Å². The van der Waals surface area contributed by atoms with Gasteiger partial charge >= 0.3 is 0 Å². The Kier molecular flexibility index (Phi) is 2.24. The van der Waals surface area contributed by atoms with Crippen LogP contribution in [0.4, 0.5) is 0 Å².